The van der Waals surface area contributed by atoms with Crippen LogP contribution in [-0.2, 0) is 33.6 Å². The smallest absolute Gasteiger partial charge is 0.295 e. The van der Waals surface area contributed by atoms with Crippen LogP contribution in [0.1, 0.15) is 144 Å². The number of anilines is 4. The van der Waals surface area contributed by atoms with Gasteiger partial charge < -0.3 is 75.1 Å². The minimum atomic E-state index is -0.849. The molecular formula is C99H87F3N18O15. The zero-order valence-corrected chi connectivity index (χ0v) is 73.4. The van der Waals surface area contributed by atoms with Crippen molar-refractivity contribution in [3.8, 4) is 0 Å². The number of pyridine rings is 1. The van der Waals surface area contributed by atoms with Crippen LogP contribution in [0.25, 0.3) is 64.7 Å². The fraction of sp³-hybridized carbons (Fsp3) is 0.212. The first-order valence-corrected chi connectivity index (χ1v) is 42.8. The van der Waals surface area contributed by atoms with Gasteiger partial charge in [0.05, 0.1) is 92.1 Å². The summed E-state index contributed by atoms with van der Waals surface area (Å²) < 4.78 is 48.6. The third-order valence-electron chi connectivity index (χ3n) is 23.2. The number of piperidine rings is 2. The predicted octanol–water partition coefficient (Wildman–Crippen LogP) is 14.0. The van der Waals surface area contributed by atoms with Gasteiger partial charge in [-0.3, -0.25) is 72.1 Å². The van der Waals surface area contributed by atoms with Gasteiger partial charge in [0.2, 0.25) is 29.2 Å². The number of carbonyl (C=O) groups excluding carboxylic acids is 14. The Bertz CT molecular complexity index is 7020. The summed E-state index contributed by atoms with van der Waals surface area (Å²) in [6.45, 7) is 25.5. The number of ketones is 4. The topological polar surface area (TPSA) is 417 Å². The van der Waals surface area contributed by atoms with E-state index in [1.807, 2.05) is 62.4 Å². The molecule has 4 aliphatic heterocycles. The van der Waals surface area contributed by atoms with Crippen LogP contribution < -0.4 is 21.3 Å². The lowest BCUT2D eigenvalue weighted by Crippen LogP contribution is -2.56. The summed E-state index contributed by atoms with van der Waals surface area (Å²) in [5, 5.41) is 14.4. The summed E-state index contributed by atoms with van der Waals surface area (Å²) in [4.78, 5) is 208. The molecule has 7 aromatic carbocycles. The van der Waals surface area contributed by atoms with E-state index in [1.54, 1.807) is 94.9 Å². The van der Waals surface area contributed by atoms with Crippen molar-refractivity contribution in [1.82, 2.24) is 59.5 Å². The van der Waals surface area contributed by atoms with Crippen LogP contribution in [0, 0.1) is 30.6 Å². The number of likely N-dealkylation sites (tertiary alicyclic amines) is 2. The Morgan fingerprint density at radius 2 is 0.807 bits per heavy atom. The zero-order chi connectivity index (χ0) is 96.0. The van der Waals surface area contributed by atoms with Crippen LogP contribution >= 0.6 is 0 Å². The summed E-state index contributed by atoms with van der Waals surface area (Å²) in [5.74, 6) is -9.73. The average molecular weight is 1830 g/mol. The Kier molecular flexibility index (Phi) is 28.9. The standard InChI is InChI=1S/C26H23FN4O3.C26H23N5O5.C24H20FN5O3.C23H21FN4O4/c1-15-13-18(23(28-3)17-7-5-4-6-8-17)11-12-31(15)26(34)25(33)19-14-29-24-21(30-16(2)32)10-9-20(27)22(19)24;1-16-15-30(25(34)17-6-3-2-4-7-17)12-13-31(16)26(35)23(32)19-14-27-22-18(19)8-5-9-20(22)29-24(33)21-10-11-28-36-21;1-14(31)29-19-7-6-17(25)20-16(13-28-22(19)20)23(32)24(33)30-11-8-15(9-12-30)21(26-2)18-5-3-4-10-27-18;1-14(29)26-18-8-7-17(24)19-16(13-25-20(18)19)21(30)23(32)28-11-9-27(10-12-28)22(31)15-5-3-2-4-6-15/h4-10,14-15,29H,11-13H2,1-2H3,(H,30,32);2-11,14,16,27H,12-13,15H2,1H3,(H,29,33);3-7,10,13,28H,8-9,11-12H2,1H3,(H,29,31);2-8,13,25H,9-12H2,1H3,(H,26,29)/b23-18+;;;/t;16-;;/m.1../s1. The number of para-hydroxylation sites is 1. The molecule has 13 aromatic rings. The lowest BCUT2D eigenvalue weighted by atomic mass is 9.92. The molecule has 0 aliphatic carbocycles. The number of amides is 10. The van der Waals surface area contributed by atoms with Crippen LogP contribution in [0.2, 0.25) is 0 Å². The first-order valence-electron chi connectivity index (χ1n) is 42.8. The molecule has 4 saturated heterocycles. The monoisotopic (exact) mass is 1820 g/mol. The SMILES string of the molecule is CC(=O)Nc1ccc(F)c2c(C(=O)C(=O)N3CCN(C(=O)c4ccccc4)CC3)c[nH]c12.C[C@@H]1CN(C(=O)c2ccccc2)CCN1C(=O)C(=O)c1c[nH]c2c(NC(=O)c3ccno3)cccc12.[C-]#[N+]/C(=C1\CCN(C(=O)C(=O)c2c[nH]c3c(NC(C)=O)ccc(F)c23)C(C)C1)c1ccccc1.[C-]#[N+]C(=C1CCN(C(=O)C(=O)c2c[nH]c3c(NC(C)=O)ccc(F)c23)CC1)c1ccccn1. The van der Waals surface area contributed by atoms with Crippen LogP contribution in [0.5, 0.6) is 0 Å². The van der Waals surface area contributed by atoms with Crippen molar-refractivity contribution in [3.63, 3.8) is 0 Å². The predicted molar refractivity (Wildman–Crippen MR) is 494 cm³/mol. The average Bonchev–Trinajstić information content (AvgIpc) is 1.64. The van der Waals surface area contributed by atoms with E-state index in [2.05, 4.69) is 61.0 Å². The molecule has 10 amide bonds. The Hall–Kier alpha value is -17.3. The van der Waals surface area contributed by atoms with Crippen molar-refractivity contribution in [1.29, 1.82) is 0 Å². The number of H-pyrrole nitrogens is 4. The first kappa shape index (κ1) is 93.8. The summed E-state index contributed by atoms with van der Waals surface area (Å²) in [7, 11) is 0. The summed E-state index contributed by atoms with van der Waals surface area (Å²) in [5.41, 5.74) is 8.01. The van der Waals surface area contributed by atoms with Crippen molar-refractivity contribution in [2.24, 2.45) is 0 Å². The van der Waals surface area contributed by atoms with E-state index in [4.69, 9.17) is 17.7 Å². The number of hydrogen-bond acceptors (Lipinski definition) is 17. The molecule has 8 N–H and O–H groups in total. The van der Waals surface area contributed by atoms with Gasteiger partial charge in [0.15, 0.2) is 5.70 Å². The number of halogens is 3. The Balaban J connectivity index is 0.000000144. The van der Waals surface area contributed by atoms with E-state index < -0.39 is 70.1 Å². The molecule has 10 heterocycles. The number of Topliss-reactive ketones (excluding diaryl/α,β-unsaturated/α-hetero) is 4. The number of aromatic nitrogens is 6. The van der Waals surface area contributed by atoms with Gasteiger partial charge in [-0.25, -0.2) is 22.9 Å². The molecule has 36 heteroatoms. The number of fused-ring (bicyclic) bond motifs is 4. The van der Waals surface area contributed by atoms with Crippen molar-refractivity contribution >= 4 is 160 Å². The van der Waals surface area contributed by atoms with Gasteiger partial charge in [-0.15, -0.1) is 0 Å². The molecule has 135 heavy (non-hydrogen) atoms. The number of aromatic amines is 4. The van der Waals surface area contributed by atoms with E-state index in [0.717, 1.165) is 34.9 Å². The molecule has 6 aromatic heterocycles. The number of rotatable bonds is 17. The number of nitrogens with zero attached hydrogens (tertiary/aromatic N) is 10. The number of nitrogens with one attached hydrogen (secondary N) is 8. The van der Waals surface area contributed by atoms with Crippen molar-refractivity contribution in [3.05, 3.63) is 309 Å². The highest BCUT2D eigenvalue weighted by Crippen LogP contribution is 2.37. The second kappa shape index (κ2) is 41.6. The molecule has 1 unspecified atom stereocenters. The molecule has 0 bridgehead atoms. The second-order valence-electron chi connectivity index (χ2n) is 32.0. The highest BCUT2D eigenvalue weighted by molar-refractivity contribution is 6.47. The molecule has 4 aliphatic rings. The van der Waals surface area contributed by atoms with Gasteiger partial charge in [0.25, 0.3) is 64.5 Å². The van der Waals surface area contributed by atoms with E-state index in [1.165, 1.54) is 95.6 Å². The quantitative estimate of drug-likeness (QED) is 0.0238. The number of piperazine rings is 2. The second-order valence-corrected chi connectivity index (χ2v) is 32.0. The lowest BCUT2D eigenvalue weighted by Gasteiger charge is -2.39. The number of carbonyl (C=O) groups is 14. The minimum Gasteiger partial charge on any atom is -0.359 e. The molecule has 684 valence electrons. The van der Waals surface area contributed by atoms with Crippen LogP contribution in [-0.4, -0.2) is 219 Å². The zero-order valence-electron chi connectivity index (χ0n) is 73.4. The third kappa shape index (κ3) is 20.6. The Labute approximate surface area is 768 Å². The Morgan fingerprint density at radius 3 is 1.26 bits per heavy atom. The molecule has 2 atom stereocenters. The number of benzene rings is 7. The van der Waals surface area contributed by atoms with Crippen molar-refractivity contribution < 1.29 is 84.8 Å². The van der Waals surface area contributed by atoms with Crippen molar-refractivity contribution in [2.45, 2.75) is 72.4 Å². The number of hydrogen-bond donors (Lipinski definition) is 8. The molecule has 4 fully saturated rings. The molecular weight excluding hydrogens is 1740 g/mol. The molecule has 17 rings (SSSR count). The van der Waals surface area contributed by atoms with Gasteiger partial charge in [-0.1, -0.05) is 101 Å². The Morgan fingerprint density at radius 1 is 0.393 bits per heavy atom. The van der Waals surface area contributed by atoms with Gasteiger partial charge >= 0.3 is 0 Å². The van der Waals surface area contributed by atoms with E-state index in [9.17, 15) is 80.3 Å². The highest BCUT2D eigenvalue weighted by atomic mass is 19.1. The third-order valence-corrected chi connectivity index (χ3v) is 23.2. The summed E-state index contributed by atoms with van der Waals surface area (Å²) >= 11 is 0. The van der Waals surface area contributed by atoms with Crippen molar-refractivity contribution in [2.75, 3.05) is 86.7 Å². The van der Waals surface area contributed by atoms with Gasteiger partial charge in [0, 0.05) is 168 Å². The van der Waals surface area contributed by atoms with Gasteiger partial charge in [-0.05, 0) is 124 Å². The van der Waals surface area contributed by atoms with Crippen LogP contribution in [0.15, 0.2) is 223 Å². The molecule has 0 radical (unpaired) electrons. The normalized spacial score (nSPS) is 15.1. The van der Waals surface area contributed by atoms with Gasteiger partial charge in [0.1, 0.15) is 17.5 Å². The van der Waals surface area contributed by atoms with E-state index in [-0.39, 0.29) is 142 Å². The largest absolute Gasteiger partial charge is 0.359 e. The maximum atomic E-state index is 14.6. The van der Waals surface area contributed by atoms with Crippen LogP contribution in [0.4, 0.5) is 35.9 Å². The van der Waals surface area contributed by atoms with Crippen LogP contribution in [0.3, 0.4) is 0 Å². The highest BCUT2D eigenvalue weighted by Gasteiger charge is 2.39. The molecule has 0 spiro atoms. The van der Waals surface area contributed by atoms with E-state index >= 15 is 0 Å². The fourth-order valence-electron chi connectivity index (χ4n) is 16.6. The fourth-order valence-corrected chi connectivity index (χ4v) is 16.6. The summed E-state index contributed by atoms with van der Waals surface area (Å²) in [6, 6.07) is 46.0. The maximum Gasteiger partial charge on any atom is 0.295 e. The van der Waals surface area contributed by atoms with Gasteiger partial charge in [-0.2, -0.15) is 0 Å². The molecule has 33 nitrogen and oxygen atoms in total. The lowest BCUT2D eigenvalue weighted by molar-refractivity contribution is -0.130. The maximum absolute atomic E-state index is 14.6. The first-order chi connectivity index (χ1) is 65.0. The molecule has 0 saturated carbocycles. The van der Waals surface area contributed by atoms with E-state index in [0.29, 0.717) is 114 Å². The minimum absolute atomic E-state index is 0.0331. The summed E-state index contributed by atoms with van der Waals surface area (Å²) in [6.07, 6.45) is 10.2.